The number of allylic oxidation sites excluding steroid dienone is 2. The van der Waals surface area contributed by atoms with Crippen molar-refractivity contribution in [3.8, 4) is 0 Å². The second-order valence-electron chi connectivity index (χ2n) is 5.41. The van der Waals surface area contributed by atoms with Gasteiger partial charge in [0.05, 0.1) is 0 Å². The predicted molar refractivity (Wildman–Crippen MR) is 72.1 cm³/mol. The van der Waals surface area contributed by atoms with E-state index in [1.165, 1.54) is 29.5 Å². The number of hydrogen-bond acceptors (Lipinski definition) is 2. The van der Waals surface area contributed by atoms with Gasteiger partial charge in [-0.2, -0.15) is 0 Å². The average Bonchev–Trinajstić information content (AvgIpc) is 2.77. The summed E-state index contributed by atoms with van der Waals surface area (Å²) in [6.07, 6.45) is 8.25. The first-order valence-corrected chi connectivity index (χ1v) is 6.49. The van der Waals surface area contributed by atoms with Crippen LogP contribution in [0.15, 0.2) is 35.5 Å². The average molecular weight is 238 g/mol. The molecule has 0 saturated heterocycles. The maximum atomic E-state index is 10.6. The van der Waals surface area contributed by atoms with Gasteiger partial charge in [0, 0.05) is 22.5 Å². The van der Waals surface area contributed by atoms with Gasteiger partial charge in [-0.1, -0.05) is 18.2 Å². The van der Waals surface area contributed by atoms with Crippen LogP contribution in [0, 0.1) is 10.8 Å². The molecule has 2 bridgehead atoms. The van der Waals surface area contributed by atoms with Crippen LogP contribution in [0.4, 0.5) is 5.69 Å². The summed E-state index contributed by atoms with van der Waals surface area (Å²) >= 11 is 0. The van der Waals surface area contributed by atoms with Crippen molar-refractivity contribution >= 4 is 16.6 Å². The van der Waals surface area contributed by atoms with Gasteiger partial charge in [-0.25, -0.2) is 0 Å². The quantitative estimate of drug-likeness (QED) is 0.588. The van der Waals surface area contributed by atoms with Crippen molar-refractivity contribution in [1.29, 1.82) is 0 Å². The summed E-state index contributed by atoms with van der Waals surface area (Å²) in [6, 6.07) is 5.70. The fraction of sp³-hybridized carbons (Fsp3) is 0.333. The van der Waals surface area contributed by atoms with Crippen LogP contribution in [-0.4, -0.2) is 4.98 Å². The maximum Gasteiger partial charge on any atom is 0.110 e. The highest BCUT2D eigenvalue weighted by Crippen LogP contribution is 2.43. The zero-order valence-corrected chi connectivity index (χ0v) is 10.0. The van der Waals surface area contributed by atoms with E-state index in [-0.39, 0.29) is 0 Å². The van der Waals surface area contributed by atoms with Crippen LogP contribution in [0.25, 0.3) is 10.9 Å². The van der Waals surface area contributed by atoms with Gasteiger partial charge < -0.3 is 4.98 Å². The van der Waals surface area contributed by atoms with Gasteiger partial charge >= 0.3 is 0 Å². The lowest BCUT2D eigenvalue weighted by atomic mass is 9.75. The Kier molecular flexibility index (Phi) is 1.98. The van der Waals surface area contributed by atoms with Crippen LogP contribution in [0.3, 0.4) is 0 Å². The number of rotatable bonds is 1. The number of nitroso groups, excluding NO2 is 1. The molecule has 0 saturated carbocycles. The molecule has 1 aromatic heterocycles. The summed E-state index contributed by atoms with van der Waals surface area (Å²) in [5, 5.41) is 4.28. The van der Waals surface area contributed by atoms with E-state index in [1.807, 2.05) is 18.2 Å². The van der Waals surface area contributed by atoms with Crippen LogP contribution >= 0.6 is 0 Å². The Morgan fingerprint density at radius 3 is 3.17 bits per heavy atom. The molecule has 1 heterocycles. The fourth-order valence-electron chi connectivity index (χ4n) is 3.50. The first kappa shape index (κ1) is 10.1. The third kappa shape index (κ3) is 1.30. The first-order chi connectivity index (χ1) is 8.85. The molecule has 4 rings (SSSR count). The van der Waals surface area contributed by atoms with Crippen molar-refractivity contribution in [1.82, 2.24) is 4.98 Å². The van der Waals surface area contributed by atoms with Crippen molar-refractivity contribution in [2.45, 2.75) is 25.2 Å². The number of benzene rings is 1. The number of aromatic amines is 1. The highest BCUT2D eigenvalue weighted by molar-refractivity contribution is 5.87. The van der Waals surface area contributed by atoms with Crippen molar-refractivity contribution in [3.05, 3.63) is 46.5 Å². The molecule has 18 heavy (non-hydrogen) atoms. The molecule has 0 radical (unpaired) electrons. The van der Waals surface area contributed by atoms with E-state index in [4.69, 9.17) is 0 Å². The van der Waals surface area contributed by atoms with Gasteiger partial charge in [-0.05, 0) is 48.1 Å². The molecular formula is C15H14N2O. The predicted octanol–water partition coefficient (Wildman–Crippen LogP) is 4.17. The third-order valence-electron chi connectivity index (χ3n) is 4.32. The SMILES string of the molecule is O=Nc1ccc2c3c([nH]c2c1)C1C=CCC(C3)C1. The van der Waals surface area contributed by atoms with E-state index >= 15 is 0 Å². The number of hydrogen-bond donors (Lipinski definition) is 1. The zero-order valence-electron chi connectivity index (χ0n) is 10.0. The van der Waals surface area contributed by atoms with Crippen LogP contribution in [0.1, 0.15) is 30.0 Å². The van der Waals surface area contributed by atoms with Gasteiger partial charge in [0.15, 0.2) is 0 Å². The van der Waals surface area contributed by atoms with E-state index in [0.29, 0.717) is 11.6 Å². The molecule has 0 fully saturated rings. The lowest BCUT2D eigenvalue weighted by molar-refractivity contribution is 0.418. The molecular weight excluding hydrogens is 224 g/mol. The summed E-state index contributed by atoms with van der Waals surface area (Å²) in [4.78, 5) is 14.1. The van der Waals surface area contributed by atoms with Crippen LogP contribution in [-0.2, 0) is 6.42 Å². The molecule has 2 aliphatic carbocycles. The summed E-state index contributed by atoms with van der Waals surface area (Å²) in [5.74, 6) is 1.32. The highest BCUT2D eigenvalue weighted by Gasteiger charge is 2.30. The number of H-pyrrole nitrogens is 1. The van der Waals surface area contributed by atoms with E-state index < -0.39 is 0 Å². The first-order valence-electron chi connectivity index (χ1n) is 6.49. The molecule has 3 nitrogen and oxygen atoms in total. The maximum absolute atomic E-state index is 10.6. The van der Waals surface area contributed by atoms with Crippen LogP contribution < -0.4 is 0 Å². The minimum absolute atomic E-state index is 0.500. The van der Waals surface area contributed by atoms with Crippen molar-refractivity contribution in [3.63, 3.8) is 0 Å². The number of nitrogens with one attached hydrogen (secondary N) is 1. The number of fused-ring (bicyclic) bond motifs is 6. The summed E-state index contributed by atoms with van der Waals surface area (Å²) in [7, 11) is 0. The molecule has 90 valence electrons. The minimum atomic E-state index is 0.500. The summed E-state index contributed by atoms with van der Waals surface area (Å²) < 4.78 is 0. The molecule has 2 aromatic rings. The molecule has 1 N–H and O–H groups in total. The van der Waals surface area contributed by atoms with Gasteiger partial charge in [-0.15, -0.1) is 4.91 Å². The normalized spacial score (nSPS) is 25.1. The summed E-state index contributed by atoms with van der Waals surface area (Å²) in [6.45, 7) is 0. The largest absolute Gasteiger partial charge is 0.358 e. The number of nitrogens with zero attached hydrogens (tertiary/aromatic N) is 1. The minimum Gasteiger partial charge on any atom is -0.358 e. The van der Waals surface area contributed by atoms with E-state index in [2.05, 4.69) is 22.3 Å². The summed E-state index contributed by atoms with van der Waals surface area (Å²) in [5.41, 5.74) is 4.35. The molecule has 0 aliphatic heterocycles. The fourth-order valence-corrected chi connectivity index (χ4v) is 3.50. The van der Waals surface area contributed by atoms with Crippen LogP contribution in [0.5, 0.6) is 0 Å². The molecule has 2 aliphatic rings. The highest BCUT2D eigenvalue weighted by atomic mass is 16.3. The number of aromatic nitrogens is 1. The Labute approximate surface area is 105 Å². The Hall–Kier alpha value is -1.90. The van der Waals surface area contributed by atoms with Gasteiger partial charge in [0.1, 0.15) is 5.69 Å². The van der Waals surface area contributed by atoms with E-state index in [9.17, 15) is 4.91 Å². The molecule has 2 unspecified atom stereocenters. The molecule has 0 spiro atoms. The lowest BCUT2D eigenvalue weighted by Gasteiger charge is -2.30. The Bertz CT molecular complexity index is 668. The smallest absolute Gasteiger partial charge is 0.110 e. The second-order valence-corrected chi connectivity index (χ2v) is 5.41. The Balaban J connectivity index is 1.97. The third-order valence-corrected chi connectivity index (χ3v) is 4.32. The van der Waals surface area contributed by atoms with Crippen molar-refractivity contribution in [2.75, 3.05) is 0 Å². The van der Waals surface area contributed by atoms with Crippen LogP contribution in [0.2, 0.25) is 0 Å². The van der Waals surface area contributed by atoms with Gasteiger partial charge in [0.25, 0.3) is 0 Å². The zero-order chi connectivity index (χ0) is 12.1. The molecule has 0 amide bonds. The van der Waals surface area contributed by atoms with Crippen molar-refractivity contribution in [2.24, 2.45) is 11.1 Å². The van der Waals surface area contributed by atoms with Gasteiger partial charge in [-0.3, -0.25) is 0 Å². The van der Waals surface area contributed by atoms with Gasteiger partial charge in [0.2, 0.25) is 0 Å². The molecule has 2 atom stereocenters. The topological polar surface area (TPSA) is 45.2 Å². The Morgan fingerprint density at radius 1 is 1.33 bits per heavy atom. The second kappa shape index (κ2) is 3.55. The van der Waals surface area contributed by atoms with E-state index in [1.54, 1.807) is 0 Å². The Morgan fingerprint density at radius 2 is 2.28 bits per heavy atom. The lowest BCUT2D eigenvalue weighted by Crippen LogP contribution is -2.19. The molecule has 3 heteroatoms. The monoisotopic (exact) mass is 238 g/mol. The molecule has 1 aromatic carbocycles. The standard InChI is InChI=1S/C15H14N2O/c18-17-11-4-5-12-13-7-9-2-1-3-10(6-9)15(13)16-14(12)8-11/h1,3-5,8-10,16H,2,6-7H2. The van der Waals surface area contributed by atoms with E-state index in [0.717, 1.165) is 17.9 Å². The van der Waals surface area contributed by atoms with Crippen molar-refractivity contribution < 1.29 is 0 Å².